The first kappa shape index (κ1) is 91.3. The van der Waals surface area contributed by atoms with Crippen molar-refractivity contribution in [3.05, 3.63) is 0 Å². The summed E-state index contributed by atoms with van der Waals surface area (Å²) in [6.45, 7) is 0. The fraction of sp³-hybridized carbons (Fsp3) is 0. The van der Waals surface area contributed by atoms with E-state index < -0.39 is 104 Å². The Kier molecular flexibility index (Phi) is 68.7. The predicted octanol–water partition coefficient (Wildman–Crippen LogP) is -7.00. The van der Waals surface area contributed by atoms with Gasteiger partial charge < -0.3 is 8.56 Å². The predicted molar refractivity (Wildman–Crippen MR) is 166 cm³/mol. The van der Waals surface area contributed by atoms with Gasteiger partial charge in [-0.25, -0.2) is 0 Å². The molecule has 0 heterocycles. The van der Waals surface area contributed by atoms with E-state index in [0.717, 1.165) is 0 Å². The molecule has 0 aliphatic rings. The van der Waals surface area contributed by atoms with Gasteiger partial charge in [-0.2, -0.15) is 84.2 Å². The Hall–Kier alpha value is 2.48. The molecule has 0 rings (SSSR count). The second-order valence-corrected chi connectivity index (χ2v) is 13.4. The fourth-order valence-electron chi connectivity index (χ4n) is 0. The van der Waals surface area contributed by atoms with Crippen LogP contribution in [0.1, 0.15) is 8.56 Å². The Balaban J connectivity index is -0.0000000174. The Morgan fingerprint density at radius 3 is 0.151 bits per heavy atom. The summed E-state index contributed by atoms with van der Waals surface area (Å²) in [6.07, 6.45) is 0. The van der Waals surface area contributed by atoms with Crippen LogP contribution in [0.25, 0.3) is 0 Å². The molecule has 0 amide bonds. The van der Waals surface area contributed by atoms with E-state index in [-0.39, 0.29) is 122 Å². The van der Waals surface area contributed by atoms with E-state index in [4.69, 9.17) is 175 Å². The molecule has 0 unspecified atom stereocenters. The molecule has 0 radical (unpaired) electrons. The minimum Gasteiger partial charge on any atom is -1.00 e. The van der Waals surface area contributed by atoms with Crippen molar-refractivity contribution in [3.8, 4) is 0 Å². The van der Waals surface area contributed by atoms with Gasteiger partial charge in [0, 0.05) is 0 Å². The molecule has 0 aromatic rings. The molecule has 53 heteroatoms. The maximum Gasteiger partial charge on any atom is 2.00 e. The summed E-state index contributed by atoms with van der Waals surface area (Å²) in [5, 5.41) is 0. The molecule has 0 aromatic carbocycles. The van der Waals surface area contributed by atoms with Crippen molar-refractivity contribution < 1.29 is 184 Å². The molecule has 0 aliphatic carbocycles. The van der Waals surface area contributed by atoms with E-state index in [2.05, 4.69) is 0 Å². The minimum absolute atomic E-state index is 0. The van der Waals surface area contributed by atoms with Gasteiger partial charge in [0.15, 0.2) is 0 Å². The molecule has 20 N–H and O–H groups in total. The van der Waals surface area contributed by atoms with E-state index in [1.807, 2.05) is 0 Å². The van der Waals surface area contributed by atoms with Crippen LogP contribution in [0.15, 0.2) is 0 Å². The standard InChI is InChI=1S/3Ca.10H2O4S.6H/c;;;10*1-5(2,3)4;;;;;;/h;;;10*(H2,1,2,3,4);;;;;;/q3*+2;;;;;;;;;;;6*-1. The molecule has 0 saturated heterocycles. The van der Waals surface area contributed by atoms with Crippen LogP contribution in [-0.2, 0) is 104 Å². The van der Waals surface area contributed by atoms with Gasteiger partial charge in [-0.15, -0.1) is 0 Å². The van der Waals surface area contributed by atoms with Crippen LogP contribution in [0.4, 0.5) is 0 Å². The third kappa shape index (κ3) is 24400. The molecule has 0 bridgehead atoms. The maximum absolute atomic E-state index is 8.74. The monoisotopic (exact) mass is 1110 g/mol. The molecular weight excluding hydrogens is 1080 g/mol. The summed E-state index contributed by atoms with van der Waals surface area (Å²) < 4.78 is 316. The summed E-state index contributed by atoms with van der Waals surface area (Å²) in [5.74, 6) is 0. The Bertz CT molecular complexity index is 1410. The zero-order valence-electron chi connectivity index (χ0n) is 29.3. The zero-order chi connectivity index (χ0) is 45.0. The number of rotatable bonds is 0. The summed E-state index contributed by atoms with van der Waals surface area (Å²) in [5.41, 5.74) is 0. The summed E-state index contributed by atoms with van der Waals surface area (Å²) in [6, 6.07) is 0. The average molecular weight is 1110 g/mol. The van der Waals surface area contributed by atoms with Crippen LogP contribution in [0.5, 0.6) is 0 Å². The van der Waals surface area contributed by atoms with Gasteiger partial charge in [0.25, 0.3) is 0 Å². The van der Waals surface area contributed by atoms with Crippen molar-refractivity contribution in [3.63, 3.8) is 0 Å². The quantitative estimate of drug-likeness (QED) is 0.0792. The molecule has 0 fully saturated rings. The van der Waals surface area contributed by atoms with Crippen LogP contribution < -0.4 is 0 Å². The van der Waals surface area contributed by atoms with Gasteiger partial charge >= 0.3 is 217 Å². The van der Waals surface area contributed by atoms with Gasteiger partial charge in [-0.1, -0.05) is 0 Å². The second kappa shape index (κ2) is 39.9. The first-order valence-electron chi connectivity index (χ1n) is 6.98. The maximum atomic E-state index is 8.74. The van der Waals surface area contributed by atoms with E-state index in [0.29, 0.717) is 0 Å². The van der Waals surface area contributed by atoms with Gasteiger partial charge in [0.05, 0.1) is 0 Å². The van der Waals surface area contributed by atoms with Gasteiger partial charge in [-0.3, -0.25) is 91.1 Å². The van der Waals surface area contributed by atoms with Gasteiger partial charge in [0.2, 0.25) is 0 Å². The van der Waals surface area contributed by atoms with E-state index in [9.17, 15) is 0 Å². The Morgan fingerprint density at radius 2 is 0.151 bits per heavy atom. The number of hydrogen-bond donors (Lipinski definition) is 20. The van der Waals surface area contributed by atoms with Crippen molar-refractivity contribution in [2.75, 3.05) is 0 Å². The first-order chi connectivity index (χ1) is 20.0. The largest absolute Gasteiger partial charge is 2.00 e. The number of hydrogen-bond acceptors (Lipinski definition) is 20. The van der Waals surface area contributed by atoms with Crippen LogP contribution in [0, 0.1) is 0 Å². The van der Waals surface area contributed by atoms with Gasteiger partial charge in [0.1, 0.15) is 0 Å². The topological polar surface area (TPSA) is 746 Å². The van der Waals surface area contributed by atoms with Crippen LogP contribution in [0.3, 0.4) is 0 Å². The third-order valence-electron chi connectivity index (χ3n) is 0. The van der Waals surface area contributed by atoms with Crippen LogP contribution >= 0.6 is 0 Å². The van der Waals surface area contributed by atoms with Crippen LogP contribution in [-0.4, -0.2) is 288 Å². The summed E-state index contributed by atoms with van der Waals surface area (Å²) >= 11 is 0. The minimum atomic E-state index is -4.67. The average Bonchev–Trinajstić information content (AvgIpc) is 2.34. The van der Waals surface area contributed by atoms with Crippen molar-refractivity contribution >= 4 is 217 Å². The third-order valence-corrected chi connectivity index (χ3v) is 0. The van der Waals surface area contributed by atoms with Crippen molar-refractivity contribution in [1.29, 1.82) is 0 Å². The molecule has 0 saturated carbocycles. The second-order valence-electron chi connectivity index (χ2n) is 4.48. The normalized spacial score (nSPS) is 10.9. The summed E-state index contributed by atoms with van der Waals surface area (Å²) in [4.78, 5) is 0. The van der Waals surface area contributed by atoms with E-state index >= 15 is 0 Å². The van der Waals surface area contributed by atoms with Crippen molar-refractivity contribution in [2.45, 2.75) is 0 Å². The molecular formula is H26Ca3O40S10. The molecule has 0 spiro atoms. The van der Waals surface area contributed by atoms with E-state index in [1.54, 1.807) is 0 Å². The van der Waals surface area contributed by atoms with Crippen molar-refractivity contribution in [1.82, 2.24) is 0 Å². The molecule has 0 atom stereocenters. The fourth-order valence-corrected chi connectivity index (χ4v) is 0. The van der Waals surface area contributed by atoms with Gasteiger partial charge in [-0.05, 0) is 0 Å². The Labute approximate surface area is 395 Å². The smallest absolute Gasteiger partial charge is 1.00 e. The van der Waals surface area contributed by atoms with E-state index in [1.165, 1.54) is 0 Å². The molecule has 40 nitrogen and oxygen atoms in total. The SMILES string of the molecule is O=S(=O)(O)O.O=S(=O)(O)O.O=S(=O)(O)O.O=S(=O)(O)O.O=S(=O)(O)O.O=S(=O)(O)O.O=S(=O)(O)O.O=S(=O)(O)O.O=S(=O)(O)O.O=S(=O)(O)O.[Ca+2].[Ca+2].[Ca+2].[H-].[H-].[H-].[H-].[H-].[H-]. The molecule has 53 heavy (non-hydrogen) atoms. The van der Waals surface area contributed by atoms with Crippen molar-refractivity contribution in [2.24, 2.45) is 0 Å². The zero-order valence-corrected chi connectivity index (χ0v) is 38.1. The molecule has 332 valence electrons. The van der Waals surface area contributed by atoms with Crippen LogP contribution in [0.2, 0.25) is 0 Å². The Morgan fingerprint density at radius 1 is 0.151 bits per heavy atom. The molecule has 0 aliphatic heterocycles. The summed E-state index contributed by atoms with van der Waals surface area (Å²) in [7, 11) is -46.7. The first-order valence-corrected chi connectivity index (χ1v) is 21.0. The molecule has 0 aromatic heterocycles.